The first-order valence-electron chi connectivity index (χ1n) is 12.2. The van der Waals surface area contributed by atoms with Gasteiger partial charge in [0.25, 0.3) is 5.91 Å². The number of rotatable bonds is 4. The zero-order chi connectivity index (χ0) is 23.1. The van der Waals surface area contributed by atoms with Gasteiger partial charge in [-0.3, -0.25) is 4.79 Å². The molecule has 33 heavy (non-hydrogen) atoms. The van der Waals surface area contributed by atoms with Crippen molar-refractivity contribution in [3.8, 4) is 0 Å². The summed E-state index contributed by atoms with van der Waals surface area (Å²) in [6, 6.07) is 7.60. The number of morpholine rings is 1. The highest BCUT2D eigenvalue weighted by Gasteiger charge is 2.44. The highest BCUT2D eigenvalue weighted by molar-refractivity contribution is 5.94. The van der Waals surface area contributed by atoms with Crippen LogP contribution in [0.1, 0.15) is 66.9 Å². The highest BCUT2D eigenvalue weighted by Crippen LogP contribution is 2.42. The molecule has 2 aliphatic heterocycles. The van der Waals surface area contributed by atoms with Crippen LogP contribution in [0.3, 0.4) is 0 Å². The third-order valence-electron chi connectivity index (χ3n) is 7.73. The molecule has 1 amide bonds. The van der Waals surface area contributed by atoms with Crippen LogP contribution >= 0.6 is 0 Å². The van der Waals surface area contributed by atoms with Gasteiger partial charge < -0.3 is 19.6 Å². The number of aliphatic hydroxyl groups is 1. The summed E-state index contributed by atoms with van der Waals surface area (Å²) in [5.41, 5.74) is 1.68. The van der Waals surface area contributed by atoms with E-state index < -0.39 is 5.60 Å². The molecule has 5 rings (SSSR count). The Hall–Kier alpha value is -2.51. The van der Waals surface area contributed by atoms with E-state index in [1.165, 1.54) is 0 Å². The van der Waals surface area contributed by atoms with Crippen LogP contribution < -0.4 is 4.90 Å². The number of aryl methyl sites for hydroxylation is 1. The number of aromatic nitrogens is 2. The van der Waals surface area contributed by atoms with Crippen molar-refractivity contribution in [2.75, 3.05) is 31.1 Å². The molecule has 3 fully saturated rings. The number of piperidine rings is 1. The summed E-state index contributed by atoms with van der Waals surface area (Å²) in [5.74, 6) is 0.812. The zero-order valence-corrected chi connectivity index (χ0v) is 19.7. The lowest BCUT2D eigenvalue weighted by Crippen LogP contribution is -2.60. The number of amides is 1. The van der Waals surface area contributed by atoms with Crippen LogP contribution in [0.5, 0.6) is 0 Å². The Morgan fingerprint density at radius 2 is 1.91 bits per heavy atom. The number of hydrogen-bond donors (Lipinski definition) is 1. The lowest BCUT2D eigenvalue weighted by molar-refractivity contribution is -0.130. The van der Waals surface area contributed by atoms with Gasteiger partial charge in [0.1, 0.15) is 0 Å². The Morgan fingerprint density at radius 3 is 2.52 bits per heavy atom. The van der Waals surface area contributed by atoms with Crippen molar-refractivity contribution in [1.82, 2.24) is 14.9 Å². The fourth-order valence-electron chi connectivity index (χ4n) is 5.58. The third kappa shape index (κ3) is 4.24. The summed E-state index contributed by atoms with van der Waals surface area (Å²) in [7, 11) is 0. The molecule has 1 aromatic carbocycles. The normalized spacial score (nSPS) is 23.9. The van der Waals surface area contributed by atoms with Crippen molar-refractivity contribution in [2.24, 2.45) is 0 Å². The largest absolute Gasteiger partial charge is 0.385 e. The predicted molar refractivity (Wildman–Crippen MR) is 126 cm³/mol. The Labute approximate surface area is 195 Å². The molecule has 1 aliphatic carbocycles. The van der Waals surface area contributed by atoms with E-state index in [1.54, 1.807) is 12.4 Å². The van der Waals surface area contributed by atoms with Gasteiger partial charge in [-0.25, -0.2) is 9.97 Å². The Kier molecular flexibility index (Phi) is 5.87. The SMILES string of the molecule is CCC1CN(c2ncccn2)CC2(CCN(C(=O)c3ccc(C4(O)CCC4)c(C)c3)CC2)O1. The van der Waals surface area contributed by atoms with Crippen molar-refractivity contribution in [3.63, 3.8) is 0 Å². The molecular weight excluding hydrogens is 416 g/mol. The number of benzene rings is 1. The molecule has 7 nitrogen and oxygen atoms in total. The second kappa shape index (κ2) is 8.69. The standard InChI is InChI=1S/C26H34N4O3/c1-3-21-17-30(24-27-12-5-13-28-24)18-25(33-21)10-14-29(15-11-25)23(31)20-6-7-22(19(2)16-20)26(32)8-4-9-26/h5-7,12-13,16,21,32H,3-4,8-11,14-15,17-18H2,1-2H3. The van der Waals surface area contributed by atoms with Crippen LogP contribution in [-0.2, 0) is 10.3 Å². The van der Waals surface area contributed by atoms with E-state index in [0.29, 0.717) is 18.7 Å². The van der Waals surface area contributed by atoms with Gasteiger partial charge in [0.05, 0.1) is 23.9 Å². The summed E-state index contributed by atoms with van der Waals surface area (Å²) in [5, 5.41) is 10.7. The molecule has 1 unspecified atom stereocenters. The van der Waals surface area contributed by atoms with Crippen molar-refractivity contribution in [1.29, 1.82) is 0 Å². The van der Waals surface area contributed by atoms with Gasteiger partial charge >= 0.3 is 0 Å². The van der Waals surface area contributed by atoms with Crippen molar-refractivity contribution >= 4 is 11.9 Å². The molecule has 2 aromatic rings. The molecular formula is C26H34N4O3. The minimum Gasteiger partial charge on any atom is -0.385 e. The number of nitrogens with zero attached hydrogens (tertiary/aromatic N) is 4. The van der Waals surface area contributed by atoms with Gasteiger partial charge in [0, 0.05) is 37.6 Å². The second-order valence-electron chi connectivity index (χ2n) is 9.97. The maximum Gasteiger partial charge on any atom is 0.253 e. The number of carbonyl (C=O) groups excluding carboxylic acids is 1. The minimum atomic E-state index is -0.703. The van der Waals surface area contributed by atoms with Crippen molar-refractivity contribution in [3.05, 3.63) is 53.3 Å². The van der Waals surface area contributed by atoms with Crippen LogP contribution in [0.2, 0.25) is 0 Å². The molecule has 1 N–H and O–H groups in total. The van der Waals surface area contributed by atoms with Gasteiger partial charge in [-0.05, 0) is 74.8 Å². The van der Waals surface area contributed by atoms with Gasteiger partial charge in [-0.1, -0.05) is 13.0 Å². The lowest BCUT2D eigenvalue weighted by atomic mass is 9.73. The highest BCUT2D eigenvalue weighted by atomic mass is 16.5. The number of carbonyl (C=O) groups is 1. The van der Waals surface area contributed by atoms with E-state index in [4.69, 9.17) is 4.74 Å². The number of likely N-dealkylation sites (tertiary alicyclic amines) is 1. The minimum absolute atomic E-state index is 0.0613. The molecule has 1 saturated carbocycles. The monoisotopic (exact) mass is 450 g/mol. The first-order valence-corrected chi connectivity index (χ1v) is 12.2. The molecule has 176 valence electrons. The van der Waals surface area contributed by atoms with Crippen LogP contribution in [-0.4, -0.2) is 63.8 Å². The molecule has 0 radical (unpaired) electrons. The van der Waals surface area contributed by atoms with E-state index >= 15 is 0 Å². The number of anilines is 1. The summed E-state index contributed by atoms with van der Waals surface area (Å²) in [6.07, 6.45) is 8.90. The summed E-state index contributed by atoms with van der Waals surface area (Å²) >= 11 is 0. The number of ether oxygens (including phenoxy) is 1. The molecule has 3 aliphatic rings. The Morgan fingerprint density at radius 1 is 1.18 bits per heavy atom. The Balaban J connectivity index is 1.27. The Bertz CT molecular complexity index is 1000. The maximum absolute atomic E-state index is 13.3. The molecule has 0 bridgehead atoms. The van der Waals surface area contributed by atoms with Gasteiger partial charge in [-0.15, -0.1) is 0 Å². The predicted octanol–water partition coefficient (Wildman–Crippen LogP) is 3.45. The van der Waals surface area contributed by atoms with E-state index in [1.807, 2.05) is 36.1 Å². The van der Waals surface area contributed by atoms with E-state index in [0.717, 1.165) is 68.7 Å². The molecule has 1 atom stereocenters. The summed E-state index contributed by atoms with van der Waals surface area (Å²) in [6.45, 7) is 7.03. The average Bonchev–Trinajstić information content (AvgIpc) is 2.83. The van der Waals surface area contributed by atoms with E-state index in [2.05, 4.69) is 21.8 Å². The number of hydrogen-bond acceptors (Lipinski definition) is 6. The van der Waals surface area contributed by atoms with Crippen molar-refractivity contribution < 1.29 is 14.6 Å². The van der Waals surface area contributed by atoms with E-state index in [9.17, 15) is 9.90 Å². The first-order chi connectivity index (χ1) is 15.9. The lowest BCUT2D eigenvalue weighted by Gasteiger charge is -2.50. The fraction of sp³-hybridized carbons (Fsp3) is 0.577. The summed E-state index contributed by atoms with van der Waals surface area (Å²) < 4.78 is 6.58. The maximum atomic E-state index is 13.3. The topological polar surface area (TPSA) is 78.8 Å². The third-order valence-corrected chi connectivity index (χ3v) is 7.73. The first kappa shape index (κ1) is 22.3. The quantitative estimate of drug-likeness (QED) is 0.769. The van der Waals surface area contributed by atoms with Gasteiger partial charge in [0.2, 0.25) is 5.95 Å². The second-order valence-corrected chi connectivity index (χ2v) is 9.97. The zero-order valence-electron chi connectivity index (χ0n) is 19.7. The molecule has 1 aromatic heterocycles. The fourth-order valence-corrected chi connectivity index (χ4v) is 5.58. The van der Waals surface area contributed by atoms with Crippen LogP contribution in [0.15, 0.2) is 36.7 Å². The van der Waals surface area contributed by atoms with E-state index in [-0.39, 0.29) is 17.6 Å². The molecule has 3 heterocycles. The molecule has 7 heteroatoms. The van der Waals surface area contributed by atoms with Crippen LogP contribution in [0.25, 0.3) is 0 Å². The van der Waals surface area contributed by atoms with Crippen molar-refractivity contribution in [2.45, 2.75) is 69.7 Å². The van der Waals surface area contributed by atoms with Crippen LogP contribution in [0.4, 0.5) is 5.95 Å². The molecule has 1 spiro atoms. The smallest absolute Gasteiger partial charge is 0.253 e. The van der Waals surface area contributed by atoms with Gasteiger partial charge in [0.15, 0.2) is 0 Å². The van der Waals surface area contributed by atoms with Crippen LogP contribution in [0, 0.1) is 6.92 Å². The summed E-state index contributed by atoms with van der Waals surface area (Å²) in [4.78, 5) is 26.4. The average molecular weight is 451 g/mol. The molecule has 2 saturated heterocycles. The van der Waals surface area contributed by atoms with Gasteiger partial charge in [-0.2, -0.15) is 0 Å².